The number of nitrogens with one attached hydrogen (secondary N) is 1. The van der Waals surface area contributed by atoms with Crippen molar-refractivity contribution in [3.8, 4) is 5.88 Å². The number of amides is 1. The summed E-state index contributed by atoms with van der Waals surface area (Å²) >= 11 is 5.81. The second-order valence-electron chi connectivity index (χ2n) is 6.36. The Kier molecular flexibility index (Phi) is 8.19. The van der Waals surface area contributed by atoms with Crippen LogP contribution in [0.5, 0.6) is 5.88 Å². The highest BCUT2D eigenvalue weighted by Crippen LogP contribution is 2.14. The largest absolute Gasteiger partial charge is 0.475 e. The molecule has 1 aliphatic heterocycles. The zero-order chi connectivity index (χ0) is 22.1. The number of carbonyl (C=O) groups excluding carboxylic acids is 2. The Bertz CT molecular complexity index is 890. The molecule has 0 spiro atoms. The molecule has 3 heterocycles. The average Bonchev–Trinajstić information content (AvgIpc) is 3.31. The summed E-state index contributed by atoms with van der Waals surface area (Å²) < 4.78 is 16.1. The number of esters is 1. The van der Waals surface area contributed by atoms with Gasteiger partial charge in [0.2, 0.25) is 12.5 Å². The van der Waals surface area contributed by atoms with Crippen LogP contribution in [0.15, 0.2) is 35.7 Å². The number of hydrogen-bond acceptors (Lipinski definition) is 9. The monoisotopic (exact) mass is 451 g/mol. The van der Waals surface area contributed by atoms with E-state index in [4.69, 9.17) is 30.6 Å². The molecule has 166 valence electrons. The molecule has 1 N–H and O–H groups in total. The quantitative estimate of drug-likeness (QED) is 0.340. The van der Waals surface area contributed by atoms with E-state index < -0.39 is 18.5 Å². The van der Waals surface area contributed by atoms with E-state index in [1.54, 1.807) is 30.0 Å². The van der Waals surface area contributed by atoms with Gasteiger partial charge in [-0.25, -0.2) is 9.78 Å². The molecule has 3 rings (SSSR count). The smallest absolute Gasteiger partial charge is 0.347 e. The third-order valence-electron chi connectivity index (χ3n) is 4.15. The van der Waals surface area contributed by atoms with Gasteiger partial charge in [-0.2, -0.15) is 5.10 Å². The normalized spacial score (nSPS) is 16.6. The maximum absolute atomic E-state index is 13.1. The second kappa shape index (κ2) is 11.3. The first-order valence-corrected chi connectivity index (χ1v) is 9.95. The number of rotatable bonds is 9. The van der Waals surface area contributed by atoms with Crippen molar-refractivity contribution in [2.24, 2.45) is 5.16 Å². The summed E-state index contributed by atoms with van der Waals surface area (Å²) in [5.41, 5.74) is 0.348. The van der Waals surface area contributed by atoms with Gasteiger partial charge < -0.3 is 23.9 Å². The van der Waals surface area contributed by atoms with Gasteiger partial charge >= 0.3 is 5.97 Å². The van der Waals surface area contributed by atoms with E-state index >= 15 is 0 Å². The van der Waals surface area contributed by atoms with Crippen molar-refractivity contribution in [3.05, 3.63) is 41.3 Å². The minimum Gasteiger partial charge on any atom is -0.475 e. The topological polar surface area (TPSA) is 128 Å². The molecule has 1 unspecified atom stereocenters. The zero-order valence-electron chi connectivity index (χ0n) is 16.8. The van der Waals surface area contributed by atoms with E-state index in [1.165, 1.54) is 12.4 Å². The number of ether oxygens (including phenoxy) is 3. The lowest BCUT2D eigenvalue weighted by molar-refractivity contribution is -0.148. The van der Waals surface area contributed by atoms with Gasteiger partial charge in [0.25, 0.3) is 5.91 Å². The summed E-state index contributed by atoms with van der Waals surface area (Å²) in [4.78, 5) is 35.2. The number of hydrogen-bond donors (Lipinski definition) is 1. The minimum absolute atomic E-state index is 0.0114. The number of carbonyl (C=O) groups is 2. The molecule has 0 aromatic carbocycles. The molecule has 0 bridgehead atoms. The second-order valence-corrected chi connectivity index (χ2v) is 6.79. The third-order valence-corrected chi connectivity index (χ3v) is 4.37. The number of morpholine rings is 1. The number of halogens is 1. The first-order chi connectivity index (χ1) is 15.1. The Morgan fingerprint density at radius 2 is 2.26 bits per heavy atom. The van der Waals surface area contributed by atoms with Crippen LogP contribution in [0.1, 0.15) is 12.6 Å². The predicted molar refractivity (Wildman–Crippen MR) is 109 cm³/mol. The standard InChI is InChI=1S/C19H22ClN5O6/c1-2-28-17(26)12-31-24-18(15-5-6-22-23-15)19(27)25-7-8-29-14(10-25)11-30-16-4-3-13(20)9-21-16/h3-6,9,14H,2,7-8,10-12H2,1H3,(H,22,23)/b24-18+. The lowest BCUT2D eigenvalue weighted by Gasteiger charge is -2.32. The molecule has 31 heavy (non-hydrogen) atoms. The molecule has 0 radical (unpaired) electrons. The summed E-state index contributed by atoms with van der Waals surface area (Å²) in [7, 11) is 0. The van der Waals surface area contributed by atoms with Crippen LogP contribution in [0.2, 0.25) is 5.02 Å². The summed E-state index contributed by atoms with van der Waals surface area (Å²) in [5.74, 6) is -0.573. The number of oxime groups is 1. The van der Waals surface area contributed by atoms with Gasteiger partial charge in [0, 0.05) is 25.0 Å². The average molecular weight is 452 g/mol. The van der Waals surface area contributed by atoms with Gasteiger partial charge in [0.15, 0.2) is 5.71 Å². The van der Waals surface area contributed by atoms with Crippen LogP contribution in [0, 0.1) is 0 Å². The van der Waals surface area contributed by atoms with E-state index in [9.17, 15) is 9.59 Å². The molecule has 12 heteroatoms. The van der Waals surface area contributed by atoms with Crippen LogP contribution in [0.25, 0.3) is 0 Å². The van der Waals surface area contributed by atoms with Crippen LogP contribution in [0.3, 0.4) is 0 Å². The van der Waals surface area contributed by atoms with Crippen LogP contribution in [-0.4, -0.2) is 83.3 Å². The number of pyridine rings is 1. The first kappa shape index (κ1) is 22.5. The Balaban J connectivity index is 1.61. The van der Waals surface area contributed by atoms with Crippen molar-refractivity contribution in [1.82, 2.24) is 20.1 Å². The van der Waals surface area contributed by atoms with Crippen molar-refractivity contribution in [2.75, 3.05) is 39.5 Å². The van der Waals surface area contributed by atoms with Crippen molar-refractivity contribution < 1.29 is 28.6 Å². The van der Waals surface area contributed by atoms with Gasteiger partial charge in [0.05, 0.1) is 30.5 Å². The summed E-state index contributed by atoms with van der Waals surface area (Å²) in [6, 6.07) is 4.90. The van der Waals surface area contributed by atoms with Gasteiger partial charge in [-0.15, -0.1) is 0 Å². The predicted octanol–water partition coefficient (Wildman–Crippen LogP) is 1.05. The Morgan fingerprint density at radius 1 is 1.39 bits per heavy atom. The lowest BCUT2D eigenvalue weighted by Crippen LogP contribution is -2.50. The van der Waals surface area contributed by atoms with Crippen molar-refractivity contribution >= 4 is 29.2 Å². The number of H-pyrrole nitrogens is 1. The molecule has 1 amide bonds. The van der Waals surface area contributed by atoms with E-state index in [-0.39, 0.29) is 31.6 Å². The van der Waals surface area contributed by atoms with E-state index in [2.05, 4.69) is 20.3 Å². The molecule has 0 saturated carbocycles. The fourth-order valence-electron chi connectivity index (χ4n) is 2.72. The minimum atomic E-state index is -0.581. The van der Waals surface area contributed by atoms with Crippen molar-refractivity contribution in [3.63, 3.8) is 0 Å². The maximum Gasteiger partial charge on any atom is 0.347 e. The van der Waals surface area contributed by atoms with Gasteiger partial charge in [0.1, 0.15) is 12.7 Å². The highest BCUT2D eigenvalue weighted by atomic mass is 35.5. The summed E-state index contributed by atoms with van der Waals surface area (Å²) in [5, 5.41) is 10.9. The fraction of sp³-hybridized carbons (Fsp3) is 0.421. The van der Waals surface area contributed by atoms with Gasteiger partial charge in [-0.3, -0.25) is 9.89 Å². The molecular weight excluding hydrogens is 430 g/mol. The molecule has 2 aromatic rings. The molecule has 0 aliphatic carbocycles. The zero-order valence-corrected chi connectivity index (χ0v) is 17.6. The van der Waals surface area contributed by atoms with Crippen LogP contribution < -0.4 is 4.74 Å². The van der Waals surface area contributed by atoms with E-state index in [1.807, 2.05) is 0 Å². The van der Waals surface area contributed by atoms with E-state index in [0.29, 0.717) is 29.7 Å². The van der Waals surface area contributed by atoms with Crippen LogP contribution in [-0.2, 0) is 23.9 Å². The highest BCUT2D eigenvalue weighted by Gasteiger charge is 2.29. The Morgan fingerprint density at radius 3 is 2.97 bits per heavy atom. The molecule has 1 atom stereocenters. The molecule has 1 saturated heterocycles. The van der Waals surface area contributed by atoms with Crippen molar-refractivity contribution in [1.29, 1.82) is 0 Å². The molecule has 2 aromatic heterocycles. The SMILES string of the molecule is CCOC(=O)CO/N=C(/C(=O)N1CCOC(COc2ccc(Cl)cn2)C1)c1ccn[nH]1. The third kappa shape index (κ3) is 6.66. The van der Waals surface area contributed by atoms with Gasteiger partial charge in [-0.05, 0) is 19.1 Å². The number of aromatic nitrogens is 3. The molecule has 1 aliphatic rings. The Labute approximate surface area is 183 Å². The van der Waals surface area contributed by atoms with E-state index in [0.717, 1.165) is 0 Å². The molecule has 11 nitrogen and oxygen atoms in total. The first-order valence-electron chi connectivity index (χ1n) is 9.57. The van der Waals surface area contributed by atoms with Crippen molar-refractivity contribution in [2.45, 2.75) is 13.0 Å². The Hall–Kier alpha value is -3.18. The maximum atomic E-state index is 13.1. The molecule has 1 fully saturated rings. The lowest BCUT2D eigenvalue weighted by atomic mass is 10.2. The summed E-state index contributed by atoms with van der Waals surface area (Å²) in [6.07, 6.45) is 2.61. The number of aromatic amines is 1. The highest BCUT2D eigenvalue weighted by molar-refractivity contribution is 6.44. The fourth-order valence-corrected chi connectivity index (χ4v) is 2.84. The molecular formula is C19H22ClN5O6. The summed E-state index contributed by atoms with van der Waals surface area (Å²) in [6.45, 7) is 2.66. The van der Waals surface area contributed by atoms with Gasteiger partial charge in [-0.1, -0.05) is 16.8 Å². The van der Waals surface area contributed by atoms with Crippen LogP contribution >= 0.6 is 11.6 Å². The number of nitrogens with zero attached hydrogens (tertiary/aromatic N) is 4. The van der Waals surface area contributed by atoms with Crippen LogP contribution in [0.4, 0.5) is 0 Å².